The van der Waals surface area contributed by atoms with Crippen LogP contribution >= 0.6 is 23.4 Å². The normalized spacial score (nSPS) is 11.8. The van der Waals surface area contributed by atoms with E-state index in [1.807, 2.05) is 6.07 Å². The maximum absolute atomic E-state index is 7.05. The Morgan fingerprint density at radius 2 is 1.32 bits per heavy atom. The highest BCUT2D eigenvalue weighted by atomic mass is 35.5. The van der Waals surface area contributed by atoms with Gasteiger partial charge in [0.05, 0.1) is 5.02 Å². The van der Waals surface area contributed by atoms with Gasteiger partial charge in [-0.05, 0) is 70.0 Å². The Balaban J connectivity index is 1.47. The molecule has 1 aliphatic carbocycles. The molecule has 5 aromatic carbocycles. The minimum atomic E-state index is 0.824. The predicted molar refractivity (Wildman–Crippen MR) is 145 cm³/mol. The van der Waals surface area contributed by atoms with E-state index in [2.05, 4.69) is 109 Å². The largest absolute Gasteiger partial charge is 0.0885 e. The molecule has 0 radical (unpaired) electrons. The number of benzene rings is 5. The molecule has 0 bridgehead atoms. The molecule has 6 rings (SSSR count). The first kappa shape index (κ1) is 21.3. The highest BCUT2D eigenvalue weighted by Gasteiger charge is 2.25. The van der Waals surface area contributed by atoms with Crippen molar-refractivity contribution in [2.75, 3.05) is 0 Å². The molecule has 0 heterocycles. The number of rotatable bonds is 5. The molecule has 0 fully saturated rings. The zero-order chi connectivity index (χ0) is 22.9. The monoisotopic (exact) mass is 474 g/mol. The Bertz CT molecular complexity index is 1470. The lowest BCUT2D eigenvalue weighted by Gasteiger charge is -2.16. The molecule has 0 unspecified atom stereocenters. The molecule has 0 saturated carbocycles. The lowest BCUT2D eigenvalue weighted by atomic mass is 9.89. The molecule has 0 amide bonds. The van der Waals surface area contributed by atoms with E-state index < -0.39 is 0 Å². The van der Waals surface area contributed by atoms with Crippen LogP contribution in [0.15, 0.2) is 125 Å². The van der Waals surface area contributed by atoms with Crippen LogP contribution in [0.5, 0.6) is 0 Å². The molecule has 2 heteroatoms. The van der Waals surface area contributed by atoms with Gasteiger partial charge in [-0.25, -0.2) is 0 Å². The summed E-state index contributed by atoms with van der Waals surface area (Å²) in [4.78, 5) is 2.28. The summed E-state index contributed by atoms with van der Waals surface area (Å²) < 4.78 is 0. The van der Waals surface area contributed by atoms with Gasteiger partial charge >= 0.3 is 0 Å². The first-order valence-electron chi connectivity index (χ1n) is 11.6. The molecule has 0 aromatic heterocycles. The number of hydrogen-bond donors (Lipinski definition) is 0. The molecular weight excluding hydrogens is 452 g/mol. The van der Waals surface area contributed by atoms with Crippen molar-refractivity contribution in [2.24, 2.45) is 0 Å². The van der Waals surface area contributed by atoms with Crippen LogP contribution in [-0.4, -0.2) is 0 Å². The van der Waals surface area contributed by atoms with E-state index >= 15 is 0 Å². The quantitative estimate of drug-likeness (QED) is 0.240. The fourth-order valence-electron chi connectivity index (χ4n) is 4.95. The van der Waals surface area contributed by atoms with Crippen LogP contribution in [0.1, 0.15) is 22.3 Å². The third kappa shape index (κ3) is 3.96. The summed E-state index contributed by atoms with van der Waals surface area (Å²) in [7, 11) is 0. The van der Waals surface area contributed by atoms with Gasteiger partial charge in [0.1, 0.15) is 0 Å². The average molecular weight is 475 g/mol. The molecular formula is C32H23ClS. The van der Waals surface area contributed by atoms with Crippen molar-refractivity contribution in [2.45, 2.75) is 22.6 Å². The molecule has 0 saturated heterocycles. The Kier molecular flexibility index (Phi) is 5.74. The smallest absolute Gasteiger partial charge is 0.0623 e. The van der Waals surface area contributed by atoms with E-state index in [4.69, 9.17) is 11.6 Å². The lowest BCUT2D eigenvalue weighted by molar-refractivity contribution is 1.18. The Morgan fingerprint density at radius 1 is 0.618 bits per heavy atom. The van der Waals surface area contributed by atoms with Crippen LogP contribution in [0, 0.1) is 0 Å². The summed E-state index contributed by atoms with van der Waals surface area (Å²) in [5, 5.41) is 0.824. The van der Waals surface area contributed by atoms with Crippen molar-refractivity contribution in [1.29, 1.82) is 0 Å². The van der Waals surface area contributed by atoms with E-state index in [1.54, 1.807) is 11.8 Å². The van der Waals surface area contributed by atoms with Gasteiger partial charge in [-0.1, -0.05) is 120 Å². The fourth-order valence-corrected chi connectivity index (χ4v) is 6.19. The molecule has 1 aliphatic rings. The van der Waals surface area contributed by atoms with Gasteiger partial charge < -0.3 is 0 Å². The molecule has 164 valence electrons. The highest BCUT2D eigenvalue weighted by Crippen LogP contribution is 2.47. The second-order valence-electron chi connectivity index (χ2n) is 8.65. The molecule has 0 nitrogen and oxygen atoms in total. The molecule has 0 atom stereocenters. The van der Waals surface area contributed by atoms with Crippen molar-refractivity contribution >= 4 is 23.4 Å². The Morgan fingerprint density at radius 3 is 2.15 bits per heavy atom. The van der Waals surface area contributed by atoms with Gasteiger partial charge in [-0.2, -0.15) is 0 Å². The summed E-state index contributed by atoms with van der Waals surface area (Å²) in [6.45, 7) is 0. The summed E-state index contributed by atoms with van der Waals surface area (Å²) >= 11 is 8.77. The van der Waals surface area contributed by atoms with Crippen LogP contribution in [0.25, 0.3) is 22.3 Å². The minimum Gasteiger partial charge on any atom is -0.0885 e. The second-order valence-corrected chi connectivity index (χ2v) is 10.1. The number of fused-ring (bicyclic) bond motifs is 3. The number of halogens is 1. The predicted octanol–water partition coefficient (Wildman–Crippen LogP) is 9.32. The van der Waals surface area contributed by atoms with Crippen molar-refractivity contribution in [3.05, 3.63) is 143 Å². The Labute approximate surface area is 210 Å². The fraction of sp³-hybridized carbons (Fsp3) is 0.0625. The zero-order valence-corrected chi connectivity index (χ0v) is 20.2. The lowest BCUT2D eigenvalue weighted by Crippen LogP contribution is -1.96. The summed E-state index contributed by atoms with van der Waals surface area (Å²) in [5.74, 6) is 0. The Hall–Kier alpha value is -3.26. The van der Waals surface area contributed by atoms with E-state index in [9.17, 15) is 0 Å². The van der Waals surface area contributed by atoms with Gasteiger partial charge in [-0.3, -0.25) is 0 Å². The van der Waals surface area contributed by atoms with Crippen LogP contribution in [0.3, 0.4) is 0 Å². The van der Waals surface area contributed by atoms with Crippen molar-refractivity contribution in [3.8, 4) is 22.3 Å². The van der Waals surface area contributed by atoms with Crippen LogP contribution in [-0.2, 0) is 12.8 Å². The van der Waals surface area contributed by atoms with E-state index in [0.29, 0.717) is 0 Å². The van der Waals surface area contributed by atoms with Crippen molar-refractivity contribution in [1.82, 2.24) is 0 Å². The summed E-state index contributed by atoms with van der Waals surface area (Å²) in [5.41, 5.74) is 10.6. The topological polar surface area (TPSA) is 0 Å². The zero-order valence-electron chi connectivity index (χ0n) is 18.7. The first-order valence-corrected chi connectivity index (χ1v) is 12.8. The van der Waals surface area contributed by atoms with Crippen LogP contribution in [0.4, 0.5) is 0 Å². The molecule has 0 N–H and O–H groups in total. The van der Waals surface area contributed by atoms with Crippen LogP contribution < -0.4 is 0 Å². The van der Waals surface area contributed by atoms with Crippen molar-refractivity contribution < 1.29 is 0 Å². The standard InChI is InChI=1S/C32H23ClS/c33-32-28(16-9-17-30(32)34-25-13-5-2-6-14-25)27-19-18-24(20-22-10-3-1-4-11-22)31-26-15-8-7-12-23(26)21-29(27)31/h1-19H,20-21H2. The summed E-state index contributed by atoms with van der Waals surface area (Å²) in [6.07, 6.45) is 1.87. The second kappa shape index (κ2) is 9.18. The van der Waals surface area contributed by atoms with Gasteiger partial charge in [0.25, 0.3) is 0 Å². The molecule has 34 heavy (non-hydrogen) atoms. The van der Waals surface area contributed by atoms with Gasteiger partial charge in [0.15, 0.2) is 0 Å². The molecule has 0 aliphatic heterocycles. The van der Waals surface area contributed by atoms with Gasteiger partial charge in [0, 0.05) is 15.4 Å². The number of hydrogen-bond acceptors (Lipinski definition) is 1. The minimum absolute atomic E-state index is 0.824. The van der Waals surface area contributed by atoms with Gasteiger partial charge in [0.2, 0.25) is 0 Å². The maximum Gasteiger partial charge on any atom is 0.0623 e. The molecule has 5 aromatic rings. The van der Waals surface area contributed by atoms with E-state index in [0.717, 1.165) is 28.3 Å². The third-order valence-electron chi connectivity index (χ3n) is 6.51. The molecule has 0 spiro atoms. The summed E-state index contributed by atoms with van der Waals surface area (Å²) in [6, 6.07) is 41.0. The highest BCUT2D eigenvalue weighted by molar-refractivity contribution is 7.99. The maximum atomic E-state index is 7.05. The SMILES string of the molecule is Clc1c(Sc2ccccc2)cccc1-c1ccc(Cc2ccccc2)c2c1Cc1ccccc1-2. The average Bonchev–Trinajstić information content (AvgIpc) is 3.27. The van der Waals surface area contributed by atoms with E-state index in [1.165, 1.54) is 43.8 Å². The van der Waals surface area contributed by atoms with Gasteiger partial charge in [-0.15, -0.1) is 0 Å². The van der Waals surface area contributed by atoms with E-state index in [-0.39, 0.29) is 0 Å². The van der Waals surface area contributed by atoms with Crippen molar-refractivity contribution in [3.63, 3.8) is 0 Å². The third-order valence-corrected chi connectivity index (χ3v) is 8.10. The van der Waals surface area contributed by atoms with Crippen LogP contribution in [0.2, 0.25) is 5.02 Å². The first-order chi connectivity index (χ1) is 16.8.